The molecule has 0 N–H and O–H groups in total. The van der Waals surface area contributed by atoms with Crippen molar-refractivity contribution in [3.05, 3.63) is 35.9 Å². The summed E-state index contributed by atoms with van der Waals surface area (Å²) in [5.41, 5.74) is 1.08. The van der Waals surface area contributed by atoms with Crippen LogP contribution in [0.2, 0.25) is 0 Å². The first-order chi connectivity index (χ1) is 15.8. The number of amides is 2. The first-order valence-electron chi connectivity index (χ1n) is 12.7. The maximum atomic E-state index is 13.3. The molecule has 0 spiro atoms. The van der Waals surface area contributed by atoms with Crippen molar-refractivity contribution in [2.45, 2.75) is 90.4 Å². The van der Waals surface area contributed by atoms with Gasteiger partial charge in [-0.3, -0.25) is 9.59 Å². The molecule has 2 heterocycles. The summed E-state index contributed by atoms with van der Waals surface area (Å²) in [5.74, 6) is 1.25. The second-order valence-corrected chi connectivity index (χ2v) is 10.6. The number of carbonyl (C=O) groups is 3. The largest absolute Gasteiger partial charge is 0.461 e. The Hall–Kier alpha value is -2.37. The van der Waals surface area contributed by atoms with E-state index in [9.17, 15) is 14.4 Å². The minimum absolute atomic E-state index is 0.00613. The highest BCUT2D eigenvalue weighted by molar-refractivity contribution is 5.88. The minimum atomic E-state index is -0.531. The zero-order valence-electron chi connectivity index (χ0n) is 20.2. The molecule has 5 atom stereocenters. The van der Waals surface area contributed by atoms with Crippen LogP contribution in [0.15, 0.2) is 30.3 Å². The van der Waals surface area contributed by atoms with Crippen molar-refractivity contribution in [2.24, 2.45) is 17.8 Å². The van der Waals surface area contributed by atoms with Gasteiger partial charge in [-0.2, -0.15) is 0 Å². The van der Waals surface area contributed by atoms with Crippen molar-refractivity contribution in [3.63, 3.8) is 0 Å². The third-order valence-corrected chi connectivity index (χ3v) is 7.88. The Morgan fingerprint density at radius 2 is 1.70 bits per heavy atom. The summed E-state index contributed by atoms with van der Waals surface area (Å²) >= 11 is 0. The van der Waals surface area contributed by atoms with Crippen molar-refractivity contribution in [3.8, 4) is 0 Å². The highest BCUT2D eigenvalue weighted by Gasteiger charge is 2.43. The van der Waals surface area contributed by atoms with Crippen LogP contribution in [-0.4, -0.2) is 52.3 Å². The van der Waals surface area contributed by atoms with Crippen LogP contribution in [0.5, 0.6) is 0 Å². The topological polar surface area (TPSA) is 66.9 Å². The molecular weight excluding hydrogens is 416 g/mol. The molecule has 1 aromatic rings. The van der Waals surface area contributed by atoms with Gasteiger partial charge in [0.1, 0.15) is 12.1 Å². The van der Waals surface area contributed by atoms with Gasteiger partial charge in [-0.25, -0.2) is 4.79 Å². The smallest absolute Gasteiger partial charge is 0.329 e. The van der Waals surface area contributed by atoms with E-state index in [4.69, 9.17) is 4.74 Å². The zero-order chi connectivity index (χ0) is 23.5. The number of esters is 1. The molecule has 0 radical (unpaired) electrons. The van der Waals surface area contributed by atoms with Crippen LogP contribution in [0.1, 0.15) is 71.3 Å². The van der Waals surface area contributed by atoms with Crippen molar-refractivity contribution in [1.82, 2.24) is 9.80 Å². The van der Waals surface area contributed by atoms with Crippen LogP contribution in [0.4, 0.5) is 0 Å². The predicted octanol–water partition coefficient (Wildman–Crippen LogP) is 4.17. The fraction of sp³-hybridized carbons (Fsp3) is 0.667. The van der Waals surface area contributed by atoms with E-state index in [2.05, 4.69) is 20.8 Å². The van der Waals surface area contributed by atoms with Gasteiger partial charge in [-0.15, -0.1) is 0 Å². The lowest BCUT2D eigenvalue weighted by molar-refractivity contribution is -0.163. The molecule has 0 unspecified atom stereocenters. The highest BCUT2D eigenvalue weighted by atomic mass is 16.5. The molecule has 0 bridgehead atoms. The molecule has 0 aromatic heterocycles. The lowest BCUT2D eigenvalue weighted by Crippen LogP contribution is -2.48. The third kappa shape index (κ3) is 5.42. The first kappa shape index (κ1) is 23.8. The standard InChI is InChI=1S/C27H38N2O4/c1-18(2)22-11-9-19(3)15-24(22)33-27(32)23-12-14-26(31)29(23)17-21-10-13-25(30)28(21)16-20-7-5-4-6-8-20/h4-8,18-19,21-24H,9-17H2,1-3H3/t19-,21+,22+,23+,24-/m1/s1. The van der Waals surface area contributed by atoms with Crippen molar-refractivity contribution in [2.75, 3.05) is 6.54 Å². The Morgan fingerprint density at radius 3 is 2.42 bits per heavy atom. The lowest BCUT2D eigenvalue weighted by atomic mass is 9.75. The van der Waals surface area contributed by atoms with Crippen LogP contribution in [0, 0.1) is 17.8 Å². The van der Waals surface area contributed by atoms with Gasteiger partial charge >= 0.3 is 5.97 Å². The Balaban J connectivity index is 1.43. The normalized spacial score (nSPS) is 30.4. The SMILES string of the molecule is CC(C)[C@@H]1CC[C@@H](C)C[C@H]1OC(=O)[C@@H]1CCC(=O)N1C[C@@H]1CCC(=O)N1Cc1ccccc1. The summed E-state index contributed by atoms with van der Waals surface area (Å²) in [6.45, 7) is 7.57. The summed E-state index contributed by atoms with van der Waals surface area (Å²) in [4.78, 5) is 42.2. The van der Waals surface area contributed by atoms with E-state index < -0.39 is 6.04 Å². The molecule has 6 nitrogen and oxygen atoms in total. The van der Waals surface area contributed by atoms with E-state index in [1.54, 1.807) is 4.90 Å². The number of hydrogen-bond acceptors (Lipinski definition) is 4. The lowest BCUT2D eigenvalue weighted by Gasteiger charge is -2.38. The molecule has 1 aliphatic carbocycles. The molecule has 2 amide bonds. The fourth-order valence-corrected chi connectivity index (χ4v) is 5.89. The highest BCUT2D eigenvalue weighted by Crippen LogP contribution is 2.36. The van der Waals surface area contributed by atoms with Crippen molar-refractivity contribution < 1.29 is 19.1 Å². The van der Waals surface area contributed by atoms with Crippen LogP contribution < -0.4 is 0 Å². The summed E-state index contributed by atoms with van der Waals surface area (Å²) in [7, 11) is 0. The van der Waals surface area contributed by atoms with E-state index in [1.807, 2.05) is 35.2 Å². The number of likely N-dealkylation sites (tertiary alicyclic amines) is 2. The number of rotatable bonds is 7. The molecule has 33 heavy (non-hydrogen) atoms. The monoisotopic (exact) mass is 454 g/mol. The average molecular weight is 455 g/mol. The van der Waals surface area contributed by atoms with Crippen molar-refractivity contribution >= 4 is 17.8 Å². The zero-order valence-corrected chi connectivity index (χ0v) is 20.2. The molecule has 3 aliphatic rings. The van der Waals surface area contributed by atoms with E-state index >= 15 is 0 Å². The van der Waals surface area contributed by atoms with Crippen LogP contribution in [-0.2, 0) is 25.7 Å². The third-order valence-electron chi connectivity index (χ3n) is 7.88. The summed E-state index contributed by atoms with van der Waals surface area (Å²) in [6, 6.07) is 9.34. The van der Waals surface area contributed by atoms with Crippen LogP contribution in [0.3, 0.4) is 0 Å². The number of carbonyl (C=O) groups excluding carboxylic acids is 3. The maximum Gasteiger partial charge on any atom is 0.329 e. The van der Waals surface area contributed by atoms with Crippen LogP contribution >= 0.6 is 0 Å². The van der Waals surface area contributed by atoms with E-state index in [-0.39, 0.29) is 29.9 Å². The van der Waals surface area contributed by atoms with Crippen molar-refractivity contribution in [1.29, 1.82) is 0 Å². The minimum Gasteiger partial charge on any atom is -0.461 e. The number of nitrogens with zero attached hydrogens (tertiary/aromatic N) is 2. The quantitative estimate of drug-likeness (QED) is 0.580. The molecule has 1 saturated carbocycles. The predicted molar refractivity (Wildman–Crippen MR) is 126 cm³/mol. The van der Waals surface area contributed by atoms with E-state index in [0.29, 0.717) is 56.5 Å². The summed E-state index contributed by atoms with van der Waals surface area (Å²) in [5, 5.41) is 0. The fourth-order valence-electron chi connectivity index (χ4n) is 5.89. The second kappa shape index (κ2) is 10.3. The summed E-state index contributed by atoms with van der Waals surface area (Å²) < 4.78 is 6.09. The van der Waals surface area contributed by atoms with Gasteiger partial charge in [0.25, 0.3) is 0 Å². The van der Waals surface area contributed by atoms with Gasteiger partial charge in [0, 0.05) is 25.9 Å². The van der Waals surface area contributed by atoms with Gasteiger partial charge in [-0.1, -0.05) is 57.5 Å². The van der Waals surface area contributed by atoms with E-state index in [0.717, 1.165) is 18.4 Å². The van der Waals surface area contributed by atoms with Gasteiger partial charge in [0.2, 0.25) is 11.8 Å². The molecule has 2 aliphatic heterocycles. The Kier molecular flexibility index (Phi) is 7.40. The van der Waals surface area contributed by atoms with Crippen LogP contribution in [0.25, 0.3) is 0 Å². The Labute approximate surface area is 197 Å². The second-order valence-electron chi connectivity index (χ2n) is 10.6. The Bertz CT molecular complexity index is 855. The molecule has 6 heteroatoms. The molecule has 180 valence electrons. The number of benzene rings is 1. The van der Waals surface area contributed by atoms with E-state index in [1.165, 1.54) is 6.42 Å². The van der Waals surface area contributed by atoms with Gasteiger partial charge in [0.05, 0.1) is 6.04 Å². The number of ether oxygens (including phenoxy) is 1. The molecular formula is C27H38N2O4. The van der Waals surface area contributed by atoms with Gasteiger partial charge in [0.15, 0.2) is 0 Å². The van der Waals surface area contributed by atoms with Gasteiger partial charge < -0.3 is 14.5 Å². The molecule has 1 aromatic carbocycles. The average Bonchev–Trinajstić information content (AvgIpc) is 3.32. The molecule has 4 rings (SSSR count). The molecule has 3 fully saturated rings. The first-order valence-corrected chi connectivity index (χ1v) is 12.7. The number of hydrogen-bond donors (Lipinski definition) is 0. The summed E-state index contributed by atoms with van der Waals surface area (Å²) in [6.07, 6.45) is 5.18. The molecule has 2 saturated heterocycles. The van der Waals surface area contributed by atoms with Gasteiger partial charge in [-0.05, 0) is 49.0 Å². The Morgan fingerprint density at radius 1 is 1.00 bits per heavy atom. The maximum absolute atomic E-state index is 13.3.